The first-order chi connectivity index (χ1) is 14.2. The molecule has 4 rings (SSSR count). The highest BCUT2D eigenvalue weighted by Crippen LogP contribution is 2.24. The average molecular weight is 382 g/mol. The van der Waals surface area contributed by atoms with Crippen molar-refractivity contribution in [1.29, 1.82) is 5.26 Å². The number of nitriles is 1. The van der Waals surface area contributed by atoms with Gasteiger partial charge in [-0.25, -0.2) is 0 Å². The van der Waals surface area contributed by atoms with Crippen LogP contribution in [0, 0.1) is 11.3 Å². The van der Waals surface area contributed by atoms with Gasteiger partial charge in [0.15, 0.2) is 0 Å². The molecule has 1 saturated heterocycles. The molecule has 0 saturated carbocycles. The number of carbonyl (C=O) groups is 1. The summed E-state index contributed by atoms with van der Waals surface area (Å²) in [6.45, 7) is 1.85. The van der Waals surface area contributed by atoms with E-state index >= 15 is 0 Å². The molecule has 144 valence electrons. The van der Waals surface area contributed by atoms with E-state index < -0.39 is 0 Å². The first kappa shape index (κ1) is 18.8. The average Bonchev–Trinajstić information content (AvgIpc) is 3.31. The van der Waals surface area contributed by atoms with Crippen LogP contribution in [-0.4, -0.2) is 23.9 Å². The Kier molecular flexibility index (Phi) is 5.58. The van der Waals surface area contributed by atoms with E-state index in [1.807, 2.05) is 36.4 Å². The number of carbonyl (C=O) groups excluding carboxylic acids is 1. The van der Waals surface area contributed by atoms with Crippen LogP contribution >= 0.6 is 0 Å². The van der Waals surface area contributed by atoms with E-state index in [9.17, 15) is 10.1 Å². The number of para-hydroxylation sites is 1. The molecule has 29 heavy (non-hydrogen) atoms. The minimum atomic E-state index is -0.200. The number of rotatable bonds is 5. The molecule has 4 nitrogen and oxygen atoms in total. The second kappa shape index (κ2) is 8.62. The van der Waals surface area contributed by atoms with Crippen LogP contribution < -0.4 is 4.74 Å². The van der Waals surface area contributed by atoms with Crippen molar-refractivity contribution in [1.82, 2.24) is 4.90 Å². The Labute approximate surface area is 170 Å². The van der Waals surface area contributed by atoms with Crippen molar-refractivity contribution < 1.29 is 9.53 Å². The Morgan fingerprint density at radius 1 is 1.00 bits per heavy atom. The van der Waals surface area contributed by atoms with Crippen LogP contribution in [0.2, 0.25) is 0 Å². The Morgan fingerprint density at radius 2 is 1.72 bits per heavy atom. The van der Waals surface area contributed by atoms with Gasteiger partial charge in [0.1, 0.15) is 24.0 Å². The Hall–Kier alpha value is -3.58. The Balaban J connectivity index is 1.54. The number of amides is 1. The molecule has 0 N–H and O–H groups in total. The van der Waals surface area contributed by atoms with Crippen LogP contribution in [-0.2, 0) is 11.4 Å². The summed E-state index contributed by atoms with van der Waals surface area (Å²) >= 11 is 0. The van der Waals surface area contributed by atoms with Crippen molar-refractivity contribution in [3.8, 4) is 11.8 Å². The van der Waals surface area contributed by atoms with E-state index in [0.29, 0.717) is 12.4 Å². The topological polar surface area (TPSA) is 53.3 Å². The van der Waals surface area contributed by atoms with Gasteiger partial charge in [-0.05, 0) is 47.4 Å². The molecule has 4 heteroatoms. The molecule has 0 unspecified atom stereocenters. The minimum absolute atomic E-state index is 0.147. The zero-order valence-corrected chi connectivity index (χ0v) is 16.2. The summed E-state index contributed by atoms with van der Waals surface area (Å²) in [7, 11) is 0. The van der Waals surface area contributed by atoms with Crippen molar-refractivity contribution >= 4 is 22.8 Å². The SMILES string of the molecule is N#C/C(=C\c1ccccc1OCc1ccc2ccccc2c1)C(=O)N1CCCC1. The largest absolute Gasteiger partial charge is 0.488 e. The fraction of sp³-hybridized carbons (Fsp3) is 0.200. The number of ether oxygens (including phenoxy) is 1. The summed E-state index contributed by atoms with van der Waals surface area (Å²) in [5, 5.41) is 11.9. The maximum atomic E-state index is 12.6. The summed E-state index contributed by atoms with van der Waals surface area (Å²) < 4.78 is 6.04. The van der Waals surface area contributed by atoms with Crippen LogP contribution in [0.15, 0.2) is 72.3 Å². The van der Waals surface area contributed by atoms with E-state index in [4.69, 9.17) is 4.74 Å². The van der Waals surface area contributed by atoms with E-state index in [-0.39, 0.29) is 11.5 Å². The van der Waals surface area contributed by atoms with Crippen LogP contribution in [0.3, 0.4) is 0 Å². The highest BCUT2D eigenvalue weighted by molar-refractivity contribution is 6.02. The number of benzene rings is 3. The van der Waals surface area contributed by atoms with E-state index in [0.717, 1.165) is 37.1 Å². The molecule has 0 radical (unpaired) electrons. The fourth-order valence-electron chi connectivity index (χ4n) is 3.61. The van der Waals surface area contributed by atoms with Crippen molar-refractivity contribution in [2.45, 2.75) is 19.4 Å². The summed E-state index contributed by atoms with van der Waals surface area (Å²) in [5.74, 6) is 0.456. The first-order valence-corrected chi connectivity index (χ1v) is 9.85. The predicted octanol–water partition coefficient (Wildman–Crippen LogP) is 4.95. The number of hydrogen-bond acceptors (Lipinski definition) is 3. The quantitative estimate of drug-likeness (QED) is 0.463. The predicted molar refractivity (Wildman–Crippen MR) is 114 cm³/mol. The molecule has 1 heterocycles. The molecule has 3 aromatic carbocycles. The van der Waals surface area contributed by atoms with Gasteiger partial charge in [-0.2, -0.15) is 5.26 Å². The lowest BCUT2D eigenvalue weighted by molar-refractivity contribution is -0.125. The molecule has 0 bridgehead atoms. The van der Waals surface area contributed by atoms with Crippen molar-refractivity contribution in [3.63, 3.8) is 0 Å². The lowest BCUT2D eigenvalue weighted by Gasteiger charge is -2.15. The van der Waals surface area contributed by atoms with Crippen LogP contribution in [0.5, 0.6) is 5.75 Å². The number of fused-ring (bicyclic) bond motifs is 1. The van der Waals surface area contributed by atoms with Gasteiger partial charge in [-0.1, -0.05) is 54.6 Å². The number of hydrogen-bond donors (Lipinski definition) is 0. The number of nitrogens with zero attached hydrogens (tertiary/aromatic N) is 2. The smallest absolute Gasteiger partial charge is 0.264 e. The molecule has 1 amide bonds. The van der Waals surface area contributed by atoms with Gasteiger partial charge in [0.05, 0.1) is 0 Å². The van der Waals surface area contributed by atoms with Crippen LogP contribution in [0.25, 0.3) is 16.8 Å². The minimum Gasteiger partial charge on any atom is -0.488 e. The number of likely N-dealkylation sites (tertiary alicyclic amines) is 1. The van der Waals surface area contributed by atoms with Crippen molar-refractivity contribution in [2.75, 3.05) is 13.1 Å². The molecular formula is C25H22N2O2. The van der Waals surface area contributed by atoms with Gasteiger partial charge in [-0.3, -0.25) is 4.79 Å². The standard InChI is InChI=1S/C25H22N2O2/c26-17-23(25(28)27-13-5-6-14-27)16-22-9-3-4-10-24(22)29-18-19-11-12-20-7-1-2-8-21(20)15-19/h1-4,7-12,15-16H,5-6,13-14,18H2/b23-16+. The maximum absolute atomic E-state index is 12.6. The third kappa shape index (κ3) is 4.30. The zero-order chi connectivity index (χ0) is 20.1. The first-order valence-electron chi connectivity index (χ1n) is 9.85. The van der Waals surface area contributed by atoms with E-state index in [1.165, 1.54) is 10.8 Å². The summed E-state index contributed by atoms with van der Waals surface area (Å²) in [6, 6.07) is 24.0. The Bertz CT molecular complexity index is 1110. The van der Waals surface area contributed by atoms with Crippen LogP contribution in [0.4, 0.5) is 0 Å². The summed E-state index contributed by atoms with van der Waals surface area (Å²) in [6.07, 6.45) is 3.63. The molecule has 0 aromatic heterocycles. The maximum Gasteiger partial charge on any atom is 0.264 e. The Morgan fingerprint density at radius 3 is 2.52 bits per heavy atom. The summed E-state index contributed by atoms with van der Waals surface area (Å²) in [4.78, 5) is 14.3. The lowest BCUT2D eigenvalue weighted by atomic mass is 10.1. The summed E-state index contributed by atoms with van der Waals surface area (Å²) in [5.41, 5.74) is 1.95. The van der Waals surface area contributed by atoms with E-state index in [2.05, 4.69) is 36.4 Å². The zero-order valence-electron chi connectivity index (χ0n) is 16.2. The van der Waals surface area contributed by atoms with Crippen molar-refractivity contribution in [2.24, 2.45) is 0 Å². The third-order valence-electron chi connectivity index (χ3n) is 5.17. The lowest BCUT2D eigenvalue weighted by Crippen LogP contribution is -2.28. The molecule has 1 aliphatic rings. The van der Waals surface area contributed by atoms with Gasteiger partial charge in [-0.15, -0.1) is 0 Å². The fourth-order valence-corrected chi connectivity index (χ4v) is 3.61. The molecule has 0 atom stereocenters. The van der Waals surface area contributed by atoms with E-state index in [1.54, 1.807) is 11.0 Å². The monoisotopic (exact) mass is 382 g/mol. The molecular weight excluding hydrogens is 360 g/mol. The molecule has 1 fully saturated rings. The highest BCUT2D eigenvalue weighted by atomic mass is 16.5. The normalized spacial score (nSPS) is 14.0. The van der Waals surface area contributed by atoms with Gasteiger partial charge in [0.25, 0.3) is 5.91 Å². The van der Waals surface area contributed by atoms with Gasteiger partial charge < -0.3 is 9.64 Å². The third-order valence-corrected chi connectivity index (χ3v) is 5.17. The molecule has 0 aliphatic carbocycles. The molecule has 0 spiro atoms. The second-order valence-electron chi connectivity index (χ2n) is 7.18. The van der Waals surface area contributed by atoms with Crippen molar-refractivity contribution in [3.05, 3.63) is 83.4 Å². The van der Waals surface area contributed by atoms with Gasteiger partial charge in [0, 0.05) is 18.7 Å². The molecule has 1 aliphatic heterocycles. The van der Waals surface area contributed by atoms with Gasteiger partial charge >= 0.3 is 0 Å². The highest BCUT2D eigenvalue weighted by Gasteiger charge is 2.21. The molecule has 3 aromatic rings. The second-order valence-corrected chi connectivity index (χ2v) is 7.18. The van der Waals surface area contributed by atoms with Gasteiger partial charge in [0.2, 0.25) is 0 Å². The van der Waals surface area contributed by atoms with Crippen LogP contribution in [0.1, 0.15) is 24.0 Å².